The summed E-state index contributed by atoms with van der Waals surface area (Å²) in [5.41, 5.74) is 6.43. The van der Waals surface area contributed by atoms with E-state index in [-0.39, 0.29) is 29.6 Å². The van der Waals surface area contributed by atoms with Crippen molar-refractivity contribution in [3.05, 3.63) is 34.6 Å². The van der Waals surface area contributed by atoms with Crippen LogP contribution in [0.1, 0.15) is 32.4 Å². The molecular formula is C16H22ClFN2O3. The molecule has 1 aliphatic rings. The zero-order valence-corrected chi connectivity index (χ0v) is 14.2. The van der Waals surface area contributed by atoms with Gasteiger partial charge in [-0.3, -0.25) is 4.90 Å². The molecule has 1 heterocycles. The molecule has 3 atom stereocenters. The minimum absolute atomic E-state index is 0.0190. The summed E-state index contributed by atoms with van der Waals surface area (Å²) in [6.07, 6.45) is -1.54. The molecule has 0 aromatic heterocycles. The average molecular weight is 345 g/mol. The van der Waals surface area contributed by atoms with Crippen LogP contribution in [0.25, 0.3) is 0 Å². The van der Waals surface area contributed by atoms with E-state index >= 15 is 0 Å². The van der Waals surface area contributed by atoms with Crippen LogP contribution in [0.4, 0.5) is 9.18 Å². The maximum atomic E-state index is 13.6. The number of benzene rings is 1. The van der Waals surface area contributed by atoms with Crippen molar-refractivity contribution in [3.63, 3.8) is 0 Å². The number of hydrogen-bond acceptors (Lipinski definition) is 3. The average Bonchev–Trinajstić information content (AvgIpc) is 2.47. The molecule has 0 saturated carbocycles. The summed E-state index contributed by atoms with van der Waals surface area (Å²) in [5.74, 6) is -0.557. The molecule has 1 aliphatic heterocycles. The van der Waals surface area contributed by atoms with Crippen LogP contribution in [0.15, 0.2) is 18.2 Å². The molecule has 7 heteroatoms. The maximum absolute atomic E-state index is 13.6. The second-order valence-corrected chi connectivity index (χ2v) is 7.30. The Kier molecular flexibility index (Phi) is 5.18. The summed E-state index contributed by atoms with van der Waals surface area (Å²) < 4.78 is 19.4. The van der Waals surface area contributed by atoms with Crippen molar-refractivity contribution in [2.75, 3.05) is 13.2 Å². The summed E-state index contributed by atoms with van der Waals surface area (Å²) in [7, 11) is 0. The van der Waals surface area contributed by atoms with Crippen molar-refractivity contribution in [1.29, 1.82) is 0 Å². The first-order valence-corrected chi connectivity index (χ1v) is 7.80. The van der Waals surface area contributed by atoms with Crippen LogP contribution in [0, 0.1) is 11.2 Å². The zero-order chi connectivity index (χ0) is 17.4. The summed E-state index contributed by atoms with van der Waals surface area (Å²) in [6, 6.07) is 3.43. The van der Waals surface area contributed by atoms with Gasteiger partial charge in [-0.1, -0.05) is 38.4 Å². The van der Waals surface area contributed by atoms with Gasteiger partial charge < -0.3 is 15.6 Å². The van der Waals surface area contributed by atoms with Gasteiger partial charge in [-0.05, 0) is 23.1 Å². The fraction of sp³-hybridized carbons (Fsp3) is 0.562. The molecule has 0 aliphatic carbocycles. The Labute approximate surface area is 140 Å². The quantitative estimate of drug-likeness (QED) is 0.863. The van der Waals surface area contributed by atoms with Gasteiger partial charge in [-0.25, -0.2) is 9.18 Å². The molecule has 1 aromatic rings. The first-order chi connectivity index (χ1) is 10.6. The van der Waals surface area contributed by atoms with Gasteiger partial charge in [0.1, 0.15) is 5.82 Å². The number of nitrogens with zero attached hydrogens (tertiary/aromatic N) is 1. The van der Waals surface area contributed by atoms with Gasteiger partial charge in [-0.15, -0.1) is 0 Å². The number of carbonyl (C=O) groups is 1. The highest BCUT2D eigenvalue weighted by Gasteiger charge is 2.40. The van der Waals surface area contributed by atoms with E-state index in [4.69, 9.17) is 22.1 Å². The van der Waals surface area contributed by atoms with Gasteiger partial charge in [0.05, 0.1) is 36.4 Å². The molecule has 23 heavy (non-hydrogen) atoms. The lowest BCUT2D eigenvalue weighted by Crippen LogP contribution is -2.58. The van der Waals surface area contributed by atoms with Crippen LogP contribution in [0.5, 0.6) is 0 Å². The van der Waals surface area contributed by atoms with Gasteiger partial charge in [0.25, 0.3) is 0 Å². The molecular weight excluding hydrogens is 323 g/mol. The summed E-state index contributed by atoms with van der Waals surface area (Å²) in [6.45, 7) is 6.29. The molecule has 1 aromatic carbocycles. The van der Waals surface area contributed by atoms with Crippen LogP contribution in [-0.2, 0) is 4.74 Å². The largest absolute Gasteiger partial charge is 0.465 e. The summed E-state index contributed by atoms with van der Waals surface area (Å²) >= 11 is 5.67. The first kappa shape index (κ1) is 18.0. The minimum Gasteiger partial charge on any atom is -0.465 e. The summed E-state index contributed by atoms with van der Waals surface area (Å²) in [5, 5.41) is 9.49. The van der Waals surface area contributed by atoms with Crippen LogP contribution < -0.4 is 5.73 Å². The predicted octanol–water partition coefficient (Wildman–Crippen LogP) is 3.27. The van der Waals surface area contributed by atoms with E-state index in [1.807, 2.05) is 20.8 Å². The standard InChI is InChI=1S/C16H22ClFN2O3/c1-16(2,3)13-8-23-12(7-20(13)15(21)22)14(19)9-4-5-10(17)11(18)6-9/h4-6,12-14H,7-8,19H2,1-3H3,(H,21,22)/t12?,13?,14-/m0/s1. The normalized spacial score (nSPS) is 23.7. The van der Waals surface area contributed by atoms with E-state index in [0.717, 1.165) is 0 Å². The second-order valence-electron chi connectivity index (χ2n) is 6.89. The van der Waals surface area contributed by atoms with E-state index in [2.05, 4.69) is 0 Å². The zero-order valence-electron chi connectivity index (χ0n) is 13.4. The molecule has 0 radical (unpaired) electrons. The van der Waals surface area contributed by atoms with Crippen molar-refractivity contribution in [1.82, 2.24) is 4.90 Å². The van der Waals surface area contributed by atoms with E-state index in [9.17, 15) is 14.3 Å². The highest BCUT2D eigenvalue weighted by atomic mass is 35.5. The molecule has 1 amide bonds. The van der Waals surface area contributed by atoms with Crippen molar-refractivity contribution < 1.29 is 19.0 Å². The van der Waals surface area contributed by atoms with Gasteiger partial charge in [-0.2, -0.15) is 0 Å². The lowest BCUT2D eigenvalue weighted by molar-refractivity contribution is -0.0902. The van der Waals surface area contributed by atoms with Crippen LogP contribution in [0.3, 0.4) is 0 Å². The van der Waals surface area contributed by atoms with Crippen LogP contribution in [-0.4, -0.2) is 41.4 Å². The van der Waals surface area contributed by atoms with Gasteiger partial charge in [0.15, 0.2) is 0 Å². The number of rotatable bonds is 2. The monoisotopic (exact) mass is 344 g/mol. The van der Waals surface area contributed by atoms with Crippen molar-refractivity contribution in [2.24, 2.45) is 11.1 Å². The Hall–Kier alpha value is -1.37. The minimum atomic E-state index is -1.01. The molecule has 2 rings (SSSR count). The third-order valence-electron chi connectivity index (χ3n) is 4.20. The number of ether oxygens (including phenoxy) is 1. The third-order valence-corrected chi connectivity index (χ3v) is 4.50. The highest BCUT2D eigenvalue weighted by molar-refractivity contribution is 6.30. The summed E-state index contributed by atoms with van der Waals surface area (Å²) in [4.78, 5) is 12.9. The highest BCUT2D eigenvalue weighted by Crippen LogP contribution is 2.31. The molecule has 3 N–H and O–H groups in total. The van der Waals surface area contributed by atoms with Crippen molar-refractivity contribution >= 4 is 17.7 Å². The molecule has 0 bridgehead atoms. The van der Waals surface area contributed by atoms with Crippen LogP contribution in [0.2, 0.25) is 5.02 Å². The molecule has 0 spiro atoms. The molecule has 5 nitrogen and oxygen atoms in total. The fourth-order valence-corrected chi connectivity index (χ4v) is 2.88. The number of carboxylic acid groups (broad SMARTS) is 1. The molecule has 128 valence electrons. The third kappa shape index (κ3) is 3.94. The Morgan fingerprint density at radius 3 is 2.70 bits per heavy atom. The smallest absolute Gasteiger partial charge is 0.407 e. The van der Waals surface area contributed by atoms with Gasteiger partial charge in [0, 0.05) is 0 Å². The Bertz CT molecular complexity index is 591. The molecule has 2 unspecified atom stereocenters. The first-order valence-electron chi connectivity index (χ1n) is 7.43. The molecule has 1 saturated heterocycles. The lowest BCUT2D eigenvalue weighted by atomic mass is 9.84. The number of hydrogen-bond donors (Lipinski definition) is 2. The number of nitrogens with two attached hydrogens (primary N) is 1. The maximum Gasteiger partial charge on any atom is 0.407 e. The van der Waals surface area contributed by atoms with Crippen molar-refractivity contribution in [2.45, 2.75) is 39.0 Å². The second kappa shape index (κ2) is 6.63. The molecule has 1 fully saturated rings. The van der Waals surface area contributed by atoms with Gasteiger partial charge in [0.2, 0.25) is 0 Å². The van der Waals surface area contributed by atoms with E-state index in [1.54, 1.807) is 6.07 Å². The van der Waals surface area contributed by atoms with Gasteiger partial charge >= 0.3 is 6.09 Å². The topological polar surface area (TPSA) is 75.8 Å². The predicted molar refractivity (Wildman–Crippen MR) is 86.1 cm³/mol. The Morgan fingerprint density at radius 1 is 1.52 bits per heavy atom. The number of morpholine rings is 1. The Balaban J connectivity index is 2.18. The SMILES string of the molecule is CC(C)(C)C1COC([C@@H](N)c2ccc(Cl)c(F)c2)CN1C(=O)O. The van der Waals surface area contributed by atoms with E-state index < -0.39 is 24.1 Å². The number of amides is 1. The van der Waals surface area contributed by atoms with E-state index in [1.165, 1.54) is 17.0 Å². The fourth-order valence-electron chi connectivity index (χ4n) is 2.76. The van der Waals surface area contributed by atoms with Crippen molar-refractivity contribution in [3.8, 4) is 0 Å². The van der Waals surface area contributed by atoms with Crippen LogP contribution >= 0.6 is 11.6 Å². The van der Waals surface area contributed by atoms with E-state index in [0.29, 0.717) is 5.56 Å². The number of halogens is 2. The Morgan fingerprint density at radius 2 is 2.17 bits per heavy atom. The lowest BCUT2D eigenvalue weighted by Gasteiger charge is -2.45.